The van der Waals surface area contributed by atoms with E-state index in [9.17, 15) is 0 Å². The molecule has 1 heteroatoms. The Morgan fingerprint density at radius 2 is 1.69 bits per heavy atom. The van der Waals surface area contributed by atoms with Crippen LogP contribution < -0.4 is 21.2 Å². The van der Waals surface area contributed by atoms with Crippen LogP contribution >= 0.6 is 0 Å². The van der Waals surface area contributed by atoms with Gasteiger partial charge in [-0.2, -0.15) is 0 Å². The fraction of sp³-hybridized carbons (Fsp3) is 0.200. The molecule has 16 heavy (non-hydrogen) atoms. The number of hydrogen-bond donors (Lipinski definition) is 0. The fourth-order valence-corrected chi connectivity index (χ4v) is 4.05. The van der Waals surface area contributed by atoms with E-state index in [1.165, 1.54) is 18.3 Å². The van der Waals surface area contributed by atoms with Crippen molar-refractivity contribution >= 4 is 0 Å². The van der Waals surface area contributed by atoms with Gasteiger partial charge in [0, 0.05) is 0 Å². The number of hydrogen-bond acceptors (Lipinski definition) is 0. The highest BCUT2D eigenvalue weighted by Crippen LogP contribution is 1.98. The van der Waals surface area contributed by atoms with Gasteiger partial charge in [-0.3, -0.25) is 0 Å². The number of rotatable bonds is 3. The Morgan fingerprint density at radius 3 is 2.31 bits per heavy atom. The molecular formula is C15H16I+. The molecule has 2 rings (SSSR count). The highest BCUT2D eigenvalue weighted by molar-refractivity contribution is 5.15. The number of halogens is 1. The lowest BCUT2D eigenvalue weighted by atomic mass is 10.2. The van der Waals surface area contributed by atoms with Crippen LogP contribution in [-0.4, -0.2) is 0 Å². The number of benzene rings is 2. The molecule has 0 aliphatic carbocycles. The van der Waals surface area contributed by atoms with Crippen LogP contribution in [0.15, 0.2) is 48.5 Å². The molecule has 0 heterocycles. The van der Waals surface area contributed by atoms with Crippen molar-refractivity contribution in [3.05, 3.63) is 66.8 Å². The Morgan fingerprint density at radius 1 is 0.938 bits per heavy atom. The highest BCUT2D eigenvalue weighted by atomic mass is 127. The van der Waals surface area contributed by atoms with E-state index in [4.69, 9.17) is 0 Å². The summed E-state index contributed by atoms with van der Waals surface area (Å²) < 4.78 is 3.00. The minimum absolute atomic E-state index is 0.00615. The normalized spacial score (nSPS) is 10.4. The van der Waals surface area contributed by atoms with E-state index < -0.39 is 0 Å². The van der Waals surface area contributed by atoms with E-state index in [0.717, 1.165) is 6.42 Å². The van der Waals surface area contributed by atoms with Gasteiger partial charge in [-0.15, -0.1) is 0 Å². The summed E-state index contributed by atoms with van der Waals surface area (Å²) in [5.41, 5.74) is 2.79. The van der Waals surface area contributed by atoms with E-state index in [-0.39, 0.29) is 21.2 Å². The fourth-order valence-electron chi connectivity index (χ4n) is 1.57. The first-order chi connectivity index (χ1) is 7.78. The molecule has 0 N–H and O–H groups in total. The summed E-state index contributed by atoms with van der Waals surface area (Å²) in [6.45, 7) is 4.36. The van der Waals surface area contributed by atoms with Gasteiger partial charge >= 0.3 is 21.2 Å². The molecule has 2 aromatic carbocycles. The summed E-state index contributed by atoms with van der Waals surface area (Å²) in [5, 5.41) is 0. The summed E-state index contributed by atoms with van der Waals surface area (Å²) in [5.74, 6) is 0. The quantitative estimate of drug-likeness (QED) is 0.729. The van der Waals surface area contributed by atoms with Crippen LogP contribution in [0.25, 0.3) is 0 Å². The maximum Gasteiger partial charge on any atom is 0.357 e. The third kappa shape index (κ3) is 3.08. The minimum atomic E-state index is -0.00615. The maximum absolute atomic E-state index is 2.31. The van der Waals surface area contributed by atoms with Gasteiger partial charge in [0.15, 0.2) is 7.14 Å². The second kappa shape index (κ2) is 5.48. The molecular weight excluding hydrogens is 307 g/mol. The summed E-state index contributed by atoms with van der Waals surface area (Å²) in [6, 6.07) is 18.0. The summed E-state index contributed by atoms with van der Waals surface area (Å²) in [6.07, 6.45) is 1.13. The van der Waals surface area contributed by atoms with E-state index >= 15 is 0 Å². The molecule has 2 aromatic rings. The van der Waals surface area contributed by atoms with Crippen LogP contribution in [0.2, 0.25) is 0 Å². The molecule has 0 aliphatic rings. The second-order valence-corrected chi connectivity index (χ2v) is 6.90. The van der Waals surface area contributed by atoms with Gasteiger partial charge in [0.2, 0.25) is 0 Å². The first kappa shape index (κ1) is 11.6. The molecule has 0 aliphatic heterocycles. The van der Waals surface area contributed by atoms with Gasteiger partial charge in [0.05, 0.1) is 0 Å². The highest BCUT2D eigenvalue weighted by Gasteiger charge is 2.14. The molecule has 0 atom stereocenters. The Labute approximate surface area is 108 Å². The van der Waals surface area contributed by atoms with Crippen LogP contribution in [0.5, 0.6) is 0 Å². The van der Waals surface area contributed by atoms with Gasteiger partial charge in [-0.05, 0) is 48.7 Å². The van der Waals surface area contributed by atoms with Crippen molar-refractivity contribution in [1.29, 1.82) is 0 Å². The molecule has 0 saturated heterocycles. The Balaban J connectivity index is 2.14. The van der Waals surface area contributed by atoms with Crippen LogP contribution in [0.1, 0.15) is 18.1 Å². The largest absolute Gasteiger partial charge is 0.357 e. The van der Waals surface area contributed by atoms with E-state index in [1.807, 2.05) is 0 Å². The average Bonchev–Trinajstić information content (AvgIpc) is 2.30. The molecule has 0 aromatic heterocycles. The molecule has 82 valence electrons. The van der Waals surface area contributed by atoms with Gasteiger partial charge < -0.3 is 0 Å². The lowest BCUT2D eigenvalue weighted by molar-refractivity contribution is -0.597. The molecule has 0 spiro atoms. The first-order valence-electron chi connectivity index (χ1n) is 5.58. The zero-order valence-corrected chi connectivity index (χ0v) is 11.9. The van der Waals surface area contributed by atoms with Crippen molar-refractivity contribution in [3.8, 4) is 0 Å². The molecule has 0 amide bonds. The molecule has 0 radical (unpaired) electrons. The van der Waals surface area contributed by atoms with Crippen LogP contribution in [0.3, 0.4) is 0 Å². The number of aryl methyl sites for hydroxylation is 2. The van der Waals surface area contributed by atoms with Gasteiger partial charge in [-0.25, -0.2) is 0 Å². The Kier molecular flexibility index (Phi) is 3.99. The predicted octanol–water partition coefficient (Wildman–Crippen LogP) is 0.686. The average molecular weight is 323 g/mol. The van der Waals surface area contributed by atoms with Crippen molar-refractivity contribution < 1.29 is 21.2 Å². The van der Waals surface area contributed by atoms with Crippen molar-refractivity contribution in [1.82, 2.24) is 0 Å². The standard InChI is InChI=1S/C15H16I/c1-3-13-7-9-14(10-8-13)16-15-6-4-5-12(2)11-15/h4-11H,3H2,1-2H3/q+1. The molecule has 0 fully saturated rings. The molecule has 0 unspecified atom stereocenters. The molecule has 0 bridgehead atoms. The zero-order chi connectivity index (χ0) is 11.4. The second-order valence-electron chi connectivity index (χ2n) is 3.87. The SMILES string of the molecule is CCc1ccc([I+]c2cccc(C)c2)cc1. The summed E-state index contributed by atoms with van der Waals surface area (Å²) in [4.78, 5) is 0. The molecule has 0 saturated carbocycles. The van der Waals surface area contributed by atoms with Crippen molar-refractivity contribution in [2.75, 3.05) is 0 Å². The maximum atomic E-state index is 2.31. The third-order valence-electron chi connectivity index (χ3n) is 2.52. The summed E-state index contributed by atoms with van der Waals surface area (Å²) >= 11 is -0.00615. The zero-order valence-electron chi connectivity index (χ0n) is 9.70. The minimum Gasteiger partial charge on any atom is -0.0613 e. The first-order valence-corrected chi connectivity index (χ1v) is 7.74. The smallest absolute Gasteiger partial charge is 0.0613 e. The van der Waals surface area contributed by atoms with Crippen molar-refractivity contribution in [2.24, 2.45) is 0 Å². The Hall–Kier alpha value is -0.830. The van der Waals surface area contributed by atoms with Crippen LogP contribution in [0, 0.1) is 14.1 Å². The Bertz CT molecular complexity index is 457. The van der Waals surface area contributed by atoms with Crippen LogP contribution in [-0.2, 0) is 6.42 Å². The van der Waals surface area contributed by atoms with Crippen molar-refractivity contribution in [2.45, 2.75) is 20.3 Å². The lowest BCUT2D eigenvalue weighted by Gasteiger charge is -1.93. The predicted molar refractivity (Wildman–Crippen MR) is 64.4 cm³/mol. The summed E-state index contributed by atoms with van der Waals surface area (Å²) in [7, 11) is 0. The van der Waals surface area contributed by atoms with Crippen molar-refractivity contribution in [3.63, 3.8) is 0 Å². The van der Waals surface area contributed by atoms with E-state index in [1.54, 1.807) is 0 Å². The van der Waals surface area contributed by atoms with Gasteiger partial charge in [-0.1, -0.05) is 31.2 Å². The topological polar surface area (TPSA) is 0 Å². The third-order valence-corrected chi connectivity index (χ3v) is 5.16. The lowest BCUT2D eigenvalue weighted by Crippen LogP contribution is -3.61. The van der Waals surface area contributed by atoms with Gasteiger partial charge in [0.25, 0.3) is 0 Å². The van der Waals surface area contributed by atoms with E-state index in [2.05, 4.69) is 62.4 Å². The van der Waals surface area contributed by atoms with E-state index in [0.29, 0.717) is 0 Å². The monoisotopic (exact) mass is 323 g/mol. The van der Waals surface area contributed by atoms with Gasteiger partial charge in [0.1, 0.15) is 0 Å². The van der Waals surface area contributed by atoms with Crippen LogP contribution in [0.4, 0.5) is 0 Å². The molecule has 0 nitrogen and oxygen atoms in total.